The summed E-state index contributed by atoms with van der Waals surface area (Å²) in [5.74, 6) is 1.79. The molecule has 0 bridgehead atoms. The van der Waals surface area contributed by atoms with E-state index in [2.05, 4.69) is 25.4 Å². The molecule has 0 amide bonds. The number of nitrogens with two attached hydrogens (primary N) is 1. The fourth-order valence-electron chi connectivity index (χ4n) is 4.13. The van der Waals surface area contributed by atoms with Crippen LogP contribution in [0.5, 0.6) is 0 Å². The molecule has 0 unspecified atom stereocenters. The summed E-state index contributed by atoms with van der Waals surface area (Å²) in [5.41, 5.74) is 10.5. The summed E-state index contributed by atoms with van der Waals surface area (Å²) in [5, 5.41) is 0. The summed E-state index contributed by atoms with van der Waals surface area (Å²) in [4.78, 5) is 23.2. The van der Waals surface area contributed by atoms with Crippen molar-refractivity contribution in [3.05, 3.63) is 36.2 Å². The van der Waals surface area contributed by atoms with Gasteiger partial charge >= 0.3 is 0 Å². The highest BCUT2D eigenvalue weighted by Crippen LogP contribution is 2.34. The lowest BCUT2D eigenvalue weighted by atomic mass is 9.85. The number of hydrogen-bond donors (Lipinski definition) is 2. The standard InChI is InChI=1S/C20H27FN6O/c21-15-5-1-13(2-6-15)18-10-26-20(12-24-18)27-28-16-7-3-14(4-8-16)17-9-25-19(22)11-23-17/h9-16H,1-8H2,(H2,22,25)(H,26,27). The number of halogens is 1. The molecule has 0 atom stereocenters. The van der Waals surface area contributed by atoms with Crippen LogP contribution in [0.15, 0.2) is 24.8 Å². The maximum atomic E-state index is 13.3. The summed E-state index contributed by atoms with van der Waals surface area (Å²) in [6.07, 6.45) is 13.2. The Bertz CT molecular complexity index is 740. The summed E-state index contributed by atoms with van der Waals surface area (Å²) in [6, 6.07) is 0. The van der Waals surface area contributed by atoms with Gasteiger partial charge in [0.05, 0.1) is 42.3 Å². The minimum atomic E-state index is -0.652. The number of aromatic nitrogens is 4. The van der Waals surface area contributed by atoms with Crippen LogP contribution in [0.1, 0.15) is 74.6 Å². The zero-order chi connectivity index (χ0) is 19.3. The lowest BCUT2D eigenvalue weighted by molar-refractivity contribution is 0.0623. The van der Waals surface area contributed by atoms with Crippen LogP contribution >= 0.6 is 0 Å². The van der Waals surface area contributed by atoms with Crippen LogP contribution in [0, 0.1) is 0 Å². The molecule has 2 heterocycles. The quantitative estimate of drug-likeness (QED) is 0.752. The second-order valence-corrected chi connectivity index (χ2v) is 7.84. The molecule has 0 spiro atoms. The summed E-state index contributed by atoms with van der Waals surface area (Å²) in [6.45, 7) is 0. The Morgan fingerprint density at radius 1 is 0.786 bits per heavy atom. The van der Waals surface area contributed by atoms with Crippen molar-refractivity contribution in [3.8, 4) is 0 Å². The first kappa shape index (κ1) is 19.0. The van der Waals surface area contributed by atoms with Crippen LogP contribution in [0.2, 0.25) is 0 Å². The van der Waals surface area contributed by atoms with Crippen LogP contribution in [0.25, 0.3) is 0 Å². The van der Waals surface area contributed by atoms with E-state index in [1.54, 1.807) is 24.8 Å². The van der Waals surface area contributed by atoms with Gasteiger partial charge in [-0.1, -0.05) is 0 Å². The number of nitrogen functional groups attached to an aromatic ring is 1. The van der Waals surface area contributed by atoms with Gasteiger partial charge in [-0.05, 0) is 51.4 Å². The Balaban J connectivity index is 1.22. The van der Waals surface area contributed by atoms with Crippen molar-refractivity contribution in [3.63, 3.8) is 0 Å². The van der Waals surface area contributed by atoms with Crippen molar-refractivity contribution in [1.82, 2.24) is 19.9 Å². The fraction of sp³-hybridized carbons (Fsp3) is 0.600. The third kappa shape index (κ3) is 4.73. The van der Waals surface area contributed by atoms with Gasteiger partial charge in [0.2, 0.25) is 0 Å². The van der Waals surface area contributed by atoms with E-state index < -0.39 is 6.17 Å². The molecule has 28 heavy (non-hydrogen) atoms. The maximum Gasteiger partial charge on any atom is 0.168 e. The average molecular weight is 386 g/mol. The maximum absolute atomic E-state index is 13.3. The van der Waals surface area contributed by atoms with Gasteiger partial charge in [0.25, 0.3) is 0 Å². The largest absolute Gasteiger partial charge is 0.382 e. The van der Waals surface area contributed by atoms with Gasteiger partial charge in [0.1, 0.15) is 12.0 Å². The van der Waals surface area contributed by atoms with E-state index in [0.717, 1.165) is 49.9 Å². The molecule has 2 aromatic heterocycles. The molecule has 7 nitrogen and oxygen atoms in total. The third-order valence-electron chi connectivity index (χ3n) is 5.86. The molecule has 0 saturated heterocycles. The van der Waals surface area contributed by atoms with Crippen molar-refractivity contribution in [2.75, 3.05) is 11.2 Å². The van der Waals surface area contributed by atoms with Crippen molar-refractivity contribution in [2.24, 2.45) is 0 Å². The number of nitrogens with one attached hydrogen (secondary N) is 1. The predicted octanol–water partition coefficient (Wildman–Crippen LogP) is 3.91. The van der Waals surface area contributed by atoms with Crippen molar-refractivity contribution < 1.29 is 9.23 Å². The zero-order valence-electron chi connectivity index (χ0n) is 15.9. The summed E-state index contributed by atoms with van der Waals surface area (Å²) in [7, 11) is 0. The first-order chi connectivity index (χ1) is 13.7. The van der Waals surface area contributed by atoms with Crippen LogP contribution in [0.4, 0.5) is 16.0 Å². The molecule has 0 aliphatic heterocycles. The van der Waals surface area contributed by atoms with Gasteiger partial charge in [-0.2, -0.15) is 0 Å². The predicted molar refractivity (Wildman–Crippen MR) is 104 cm³/mol. The molecule has 2 aromatic rings. The zero-order valence-corrected chi connectivity index (χ0v) is 15.9. The molecule has 150 valence electrons. The molecule has 0 radical (unpaired) electrons. The van der Waals surface area contributed by atoms with E-state index in [-0.39, 0.29) is 6.10 Å². The highest BCUT2D eigenvalue weighted by atomic mass is 19.1. The Kier molecular flexibility index (Phi) is 5.95. The van der Waals surface area contributed by atoms with Gasteiger partial charge in [0.15, 0.2) is 5.82 Å². The van der Waals surface area contributed by atoms with E-state index in [1.807, 2.05) is 0 Å². The molecule has 2 fully saturated rings. The molecule has 2 aliphatic carbocycles. The Morgan fingerprint density at radius 2 is 1.39 bits per heavy atom. The number of rotatable bonds is 5. The molecule has 8 heteroatoms. The number of anilines is 2. The van der Waals surface area contributed by atoms with Gasteiger partial charge in [-0.25, -0.2) is 19.8 Å². The monoisotopic (exact) mass is 386 g/mol. The Hall–Kier alpha value is -2.35. The van der Waals surface area contributed by atoms with Crippen molar-refractivity contribution >= 4 is 11.6 Å². The molecule has 4 rings (SSSR count). The molecule has 3 N–H and O–H groups in total. The highest BCUT2D eigenvalue weighted by molar-refractivity contribution is 5.28. The topological polar surface area (TPSA) is 98.8 Å². The SMILES string of the molecule is Nc1cnc(C2CCC(ONc3cnc(C4CCC(F)CC4)cn3)CC2)cn1. The minimum absolute atomic E-state index is 0.138. The van der Waals surface area contributed by atoms with E-state index in [1.165, 1.54) is 0 Å². The van der Waals surface area contributed by atoms with Gasteiger partial charge < -0.3 is 5.73 Å². The first-order valence-electron chi connectivity index (χ1n) is 10.1. The lowest BCUT2D eigenvalue weighted by Crippen LogP contribution is -2.24. The van der Waals surface area contributed by atoms with Gasteiger partial charge in [0, 0.05) is 11.8 Å². The first-order valence-corrected chi connectivity index (χ1v) is 10.1. The van der Waals surface area contributed by atoms with E-state index in [9.17, 15) is 4.39 Å². The van der Waals surface area contributed by atoms with Crippen molar-refractivity contribution in [2.45, 2.75) is 75.5 Å². The molecule has 2 aliphatic rings. The van der Waals surface area contributed by atoms with Crippen LogP contribution < -0.4 is 11.2 Å². The van der Waals surface area contributed by atoms with E-state index in [0.29, 0.717) is 36.3 Å². The summed E-state index contributed by atoms with van der Waals surface area (Å²) >= 11 is 0. The number of hydrogen-bond acceptors (Lipinski definition) is 7. The molecule has 0 aromatic carbocycles. The van der Waals surface area contributed by atoms with E-state index in [4.69, 9.17) is 10.6 Å². The number of nitrogens with zero attached hydrogens (tertiary/aromatic N) is 4. The molecular weight excluding hydrogens is 359 g/mol. The number of alkyl halides is 1. The Morgan fingerprint density at radius 3 is 1.96 bits per heavy atom. The normalized spacial score (nSPS) is 28.0. The average Bonchev–Trinajstić information content (AvgIpc) is 2.74. The highest BCUT2D eigenvalue weighted by Gasteiger charge is 2.25. The molecule has 2 saturated carbocycles. The second kappa shape index (κ2) is 8.77. The minimum Gasteiger partial charge on any atom is -0.382 e. The van der Waals surface area contributed by atoms with Crippen LogP contribution in [-0.2, 0) is 4.84 Å². The smallest absolute Gasteiger partial charge is 0.168 e. The molecular formula is C20H27FN6O. The second-order valence-electron chi connectivity index (χ2n) is 7.84. The van der Waals surface area contributed by atoms with Gasteiger partial charge in [-0.15, -0.1) is 0 Å². The fourth-order valence-corrected chi connectivity index (χ4v) is 4.13. The van der Waals surface area contributed by atoms with Crippen LogP contribution in [-0.4, -0.2) is 32.2 Å². The summed E-state index contributed by atoms with van der Waals surface area (Å²) < 4.78 is 13.3. The lowest BCUT2D eigenvalue weighted by Gasteiger charge is -2.27. The van der Waals surface area contributed by atoms with Gasteiger partial charge in [-0.3, -0.25) is 14.8 Å². The van der Waals surface area contributed by atoms with Crippen LogP contribution in [0.3, 0.4) is 0 Å². The van der Waals surface area contributed by atoms with Crippen molar-refractivity contribution in [1.29, 1.82) is 0 Å². The third-order valence-corrected chi connectivity index (χ3v) is 5.86. The Labute approximate surface area is 164 Å². The van der Waals surface area contributed by atoms with E-state index >= 15 is 0 Å².